The first-order valence-corrected chi connectivity index (χ1v) is 12.6. The fourth-order valence-electron chi connectivity index (χ4n) is 4.03. The van der Waals surface area contributed by atoms with E-state index in [-0.39, 0.29) is 15.5 Å². The van der Waals surface area contributed by atoms with Gasteiger partial charge in [0.15, 0.2) is 4.91 Å². The van der Waals surface area contributed by atoms with Gasteiger partial charge in [-0.2, -0.15) is 0 Å². The largest absolute Gasteiger partial charge is 0.489 e. The molecule has 0 saturated carbocycles. The van der Waals surface area contributed by atoms with E-state index in [2.05, 4.69) is 0 Å². The molecule has 0 N–H and O–H groups in total. The molecule has 3 aromatic carbocycles. The third-order valence-electron chi connectivity index (χ3n) is 5.88. The lowest BCUT2D eigenvalue weighted by Crippen LogP contribution is -2.43. The van der Waals surface area contributed by atoms with E-state index in [0.29, 0.717) is 44.3 Å². The van der Waals surface area contributed by atoms with E-state index in [1.165, 1.54) is 22.1 Å². The summed E-state index contributed by atoms with van der Waals surface area (Å²) in [4.78, 5) is 15.7. The topological polar surface area (TPSA) is 76.2 Å². The zero-order chi connectivity index (χ0) is 24.4. The maximum atomic E-state index is 14.2. The lowest BCUT2D eigenvalue weighted by atomic mass is 10.2. The predicted molar refractivity (Wildman–Crippen MR) is 128 cm³/mol. The Morgan fingerprint density at radius 2 is 1.69 bits per heavy atom. The van der Waals surface area contributed by atoms with E-state index in [4.69, 9.17) is 9.47 Å². The second-order valence-corrected chi connectivity index (χ2v) is 10.0. The van der Waals surface area contributed by atoms with Crippen LogP contribution in [0.15, 0.2) is 88.8 Å². The summed E-state index contributed by atoms with van der Waals surface area (Å²) in [5.74, 6) is -0.561. The van der Waals surface area contributed by atoms with E-state index >= 15 is 0 Å². The Hall–Kier alpha value is -3.69. The number of halogens is 1. The van der Waals surface area contributed by atoms with E-state index in [1.54, 1.807) is 24.3 Å². The fourth-order valence-corrected chi connectivity index (χ4v) is 5.55. The summed E-state index contributed by atoms with van der Waals surface area (Å²) in [7, 11) is -4.14. The Balaban J connectivity index is 1.48. The molecule has 0 spiro atoms. The Morgan fingerprint density at radius 3 is 2.40 bits per heavy atom. The van der Waals surface area contributed by atoms with Gasteiger partial charge < -0.3 is 19.3 Å². The number of ether oxygens (including phenoxy) is 2. The van der Waals surface area contributed by atoms with Crippen LogP contribution in [0.1, 0.15) is 5.56 Å². The van der Waals surface area contributed by atoms with E-state index < -0.39 is 21.6 Å². The summed E-state index contributed by atoms with van der Waals surface area (Å²) < 4.78 is 51.9. The molecule has 0 aliphatic carbocycles. The minimum atomic E-state index is -4.14. The lowest BCUT2D eigenvalue weighted by Gasteiger charge is -2.32. The van der Waals surface area contributed by atoms with Gasteiger partial charge in [-0.1, -0.05) is 30.3 Å². The molecule has 0 radical (unpaired) electrons. The summed E-state index contributed by atoms with van der Waals surface area (Å²) in [6, 6.07) is 20.1. The number of carbonyl (C=O) groups is 1. The highest BCUT2D eigenvalue weighted by atomic mass is 32.2. The lowest BCUT2D eigenvalue weighted by molar-refractivity contribution is -0.130. The number of fused-ring (bicyclic) bond motifs is 1. The Labute approximate surface area is 202 Å². The SMILES string of the molecule is O=C(C1=CN(c2ccc(OCc3ccccc3)cc2)c2cc(F)ccc2S1(=O)=O)N1CCOCC1. The molecule has 5 rings (SSSR count). The highest BCUT2D eigenvalue weighted by Gasteiger charge is 2.38. The van der Waals surface area contributed by atoms with Crippen LogP contribution in [0.5, 0.6) is 5.75 Å². The van der Waals surface area contributed by atoms with Crippen LogP contribution in [-0.2, 0) is 26.0 Å². The normalized spacial score (nSPS) is 16.9. The third kappa shape index (κ3) is 4.65. The third-order valence-corrected chi connectivity index (χ3v) is 7.66. The van der Waals surface area contributed by atoms with Crippen molar-refractivity contribution in [1.29, 1.82) is 0 Å². The minimum Gasteiger partial charge on any atom is -0.489 e. The van der Waals surface area contributed by atoms with Crippen molar-refractivity contribution in [1.82, 2.24) is 4.90 Å². The number of nitrogens with zero attached hydrogens (tertiary/aromatic N) is 2. The van der Waals surface area contributed by atoms with E-state index in [9.17, 15) is 17.6 Å². The smallest absolute Gasteiger partial charge is 0.267 e. The van der Waals surface area contributed by atoms with E-state index in [0.717, 1.165) is 17.7 Å². The molecule has 1 fully saturated rings. The average molecular weight is 495 g/mol. The standard InChI is InChI=1S/C26H23FN2O5S/c27-20-6-11-24-23(16-20)29(17-25(35(24,31)32)26(30)28-12-14-33-15-13-28)21-7-9-22(10-8-21)34-18-19-4-2-1-3-5-19/h1-11,16-17H,12-15,18H2. The van der Waals surface area contributed by atoms with Gasteiger partial charge in [0, 0.05) is 25.0 Å². The monoisotopic (exact) mass is 494 g/mol. The molecule has 0 bridgehead atoms. The molecule has 7 nitrogen and oxygen atoms in total. The molecule has 9 heteroatoms. The number of hydrogen-bond donors (Lipinski definition) is 0. The first kappa shape index (κ1) is 23.1. The van der Waals surface area contributed by atoms with Crippen LogP contribution >= 0.6 is 0 Å². The number of sulfone groups is 1. The molecule has 0 unspecified atom stereocenters. The molecule has 180 valence electrons. The molecule has 35 heavy (non-hydrogen) atoms. The van der Waals surface area contributed by atoms with Crippen molar-refractivity contribution in [3.63, 3.8) is 0 Å². The van der Waals surface area contributed by atoms with Crippen molar-refractivity contribution in [3.8, 4) is 5.75 Å². The number of carbonyl (C=O) groups excluding carboxylic acids is 1. The van der Waals surface area contributed by atoms with Crippen molar-refractivity contribution >= 4 is 27.1 Å². The molecule has 2 aliphatic heterocycles. The molecule has 2 heterocycles. The summed E-state index contributed by atoms with van der Waals surface area (Å²) in [6.07, 6.45) is 1.27. The zero-order valence-electron chi connectivity index (χ0n) is 18.8. The number of benzene rings is 3. The van der Waals surface area contributed by atoms with Crippen LogP contribution in [0.3, 0.4) is 0 Å². The Kier molecular flexibility index (Phi) is 6.27. The molecule has 1 saturated heterocycles. The summed E-state index contributed by atoms with van der Waals surface area (Å²) in [5, 5.41) is 0. The second-order valence-electron chi connectivity index (χ2n) is 8.15. The maximum Gasteiger partial charge on any atom is 0.267 e. The molecule has 2 aliphatic rings. The second kappa shape index (κ2) is 9.52. The van der Waals surface area contributed by atoms with Gasteiger partial charge in [0.25, 0.3) is 5.91 Å². The molecule has 3 aromatic rings. The Bertz CT molecular complexity index is 1370. The van der Waals surface area contributed by atoms with Gasteiger partial charge in [-0.3, -0.25) is 4.79 Å². The number of rotatable bonds is 5. The molecular weight excluding hydrogens is 471 g/mol. The number of amides is 1. The van der Waals surface area contributed by atoms with Crippen LogP contribution in [-0.4, -0.2) is 45.5 Å². The van der Waals surface area contributed by atoms with Crippen molar-refractivity contribution in [2.45, 2.75) is 11.5 Å². The van der Waals surface area contributed by atoms with Crippen LogP contribution in [0.4, 0.5) is 15.8 Å². The summed E-state index contributed by atoms with van der Waals surface area (Å²) in [5.41, 5.74) is 1.73. The number of hydrogen-bond acceptors (Lipinski definition) is 6. The maximum absolute atomic E-state index is 14.2. The van der Waals surface area contributed by atoms with Gasteiger partial charge >= 0.3 is 0 Å². The average Bonchev–Trinajstić information content (AvgIpc) is 2.88. The van der Waals surface area contributed by atoms with E-state index in [1.807, 2.05) is 30.3 Å². The molecule has 1 amide bonds. The van der Waals surface area contributed by atoms with Gasteiger partial charge in [-0.25, -0.2) is 12.8 Å². The Morgan fingerprint density at radius 1 is 0.971 bits per heavy atom. The first-order chi connectivity index (χ1) is 16.9. The van der Waals surface area contributed by atoms with Gasteiger partial charge in [0.2, 0.25) is 9.84 Å². The number of anilines is 2. The summed E-state index contributed by atoms with van der Waals surface area (Å²) >= 11 is 0. The highest BCUT2D eigenvalue weighted by molar-refractivity contribution is 7.96. The van der Waals surface area contributed by atoms with Crippen LogP contribution in [0.25, 0.3) is 0 Å². The fraction of sp³-hybridized carbons (Fsp3) is 0.192. The highest BCUT2D eigenvalue weighted by Crippen LogP contribution is 2.40. The van der Waals surface area contributed by atoms with Crippen LogP contribution in [0.2, 0.25) is 0 Å². The van der Waals surface area contributed by atoms with Crippen molar-refractivity contribution in [2.75, 3.05) is 31.2 Å². The van der Waals surface area contributed by atoms with Crippen molar-refractivity contribution in [2.24, 2.45) is 0 Å². The van der Waals surface area contributed by atoms with Gasteiger partial charge in [-0.15, -0.1) is 0 Å². The van der Waals surface area contributed by atoms with Gasteiger partial charge in [-0.05, 0) is 48.0 Å². The summed E-state index contributed by atoms with van der Waals surface area (Å²) in [6.45, 7) is 1.68. The zero-order valence-corrected chi connectivity index (χ0v) is 19.6. The number of morpholine rings is 1. The van der Waals surface area contributed by atoms with Crippen molar-refractivity contribution < 1.29 is 27.1 Å². The molecular formula is C26H23FN2O5S. The molecule has 0 atom stereocenters. The van der Waals surface area contributed by atoms with Crippen molar-refractivity contribution in [3.05, 3.63) is 95.3 Å². The minimum absolute atomic E-state index is 0.123. The molecule has 0 aromatic heterocycles. The quantitative estimate of drug-likeness (QED) is 0.499. The van der Waals surface area contributed by atoms with Gasteiger partial charge in [0.05, 0.1) is 23.8 Å². The van der Waals surface area contributed by atoms with Crippen LogP contribution < -0.4 is 9.64 Å². The van der Waals surface area contributed by atoms with Gasteiger partial charge in [0.1, 0.15) is 18.2 Å². The predicted octanol–water partition coefficient (Wildman–Crippen LogP) is 4.03. The van der Waals surface area contributed by atoms with Crippen LogP contribution in [0, 0.1) is 5.82 Å². The first-order valence-electron chi connectivity index (χ1n) is 11.1.